The van der Waals surface area contributed by atoms with Gasteiger partial charge in [0.2, 0.25) is 11.8 Å². The molecule has 0 aliphatic heterocycles. The van der Waals surface area contributed by atoms with Crippen molar-refractivity contribution in [2.45, 2.75) is 20.4 Å². The van der Waals surface area contributed by atoms with E-state index < -0.39 is 0 Å². The van der Waals surface area contributed by atoms with E-state index in [1.165, 1.54) is 10.9 Å². The van der Waals surface area contributed by atoms with E-state index in [-0.39, 0.29) is 24.3 Å². The fourth-order valence-electron chi connectivity index (χ4n) is 1.58. The Morgan fingerprint density at radius 2 is 1.91 bits per heavy atom. The van der Waals surface area contributed by atoms with Crippen LogP contribution in [0.2, 0.25) is 5.02 Å². The Morgan fingerprint density at radius 3 is 2.55 bits per heavy atom. The van der Waals surface area contributed by atoms with Gasteiger partial charge < -0.3 is 10.6 Å². The van der Waals surface area contributed by atoms with Crippen molar-refractivity contribution < 1.29 is 9.59 Å². The van der Waals surface area contributed by atoms with Crippen LogP contribution in [0, 0.1) is 5.92 Å². The molecular formula is C14H16ClN5O2. The summed E-state index contributed by atoms with van der Waals surface area (Å²) in [6.45, 7) is 3.55. The van der Waals surface area contributed by atoms with Crippen molar-refractivity contribution in [2.75, 3.05) is 10.6 Å². The first kappa shape index (κ1) is 16.0. The molecule has 0 aliphatic rings. The van der Waals surface area contributed by atoms with Crippen LogP contribution in [-0.4, -0.2) is 26.8 Å². The molecule has 1 aromatic carbocycles. The number of benzene rings is 1. The molecule has 0 spiro atoms. The molecule has 0 fully saturated rings. The van der Waals surface area contributed by atoms with Crippen LogP contribution in [0.1, 0.15) is 13.8 Å². The Balaban J connectivity index is 1.90. The molecular weight excluding hydrogens is 306 g/mol. The van der Waals surface area contributed by atoms with Crippen LogP contribution in [0.15, 0.2) is 30.5 Å². The van der Waals surface area contributed by atoms with Crippen molar-refractivity contribution in [1.29, 1.82) is 0 Å². The van der Waals surface area contributed by atoms with E-state index in [0.29, 0.717) is 16.5 Å². The summed E-state index contributed by atoms with van der Waals surface area (Å²) in [5, 5.41) is 13.5. The topological polar surface area (TPSA) is 88.9 Å². The van der Waals surface area contributed by atoms with Crippen LogP contribution < -0.4 is 10.6 Å². The summed E-state index contributed by atoms with van der Waals surface area (Å²) in [5.74, 6) is -0.247. The van der Waals surface area contributed by atoms with Crippen LogP contribution in [0.3, 0.4) is 0 Å². The lowest BCUT2D eigenvalue weighted by atomic mass is 10.2. The molecule has 0 aliphatic carbocycles. The van der Waals surface area contributed by atoms with Gasteiger partial charge in [0.15, 0.2) is 5.82 Å². The monoisotopic (exact) mass is 321 g/mol. The largest absolute Gasteiger partial charge is 0.324 e. The van der Waals surface area contributed by atoms with E-state index in [4.69, 9.17) is 11.6 Å². The first-order valence-electron chi connectivity index (χ1n) is 6.70. The molecule has 0 atom stereocenters. The number of nitrogens with one attached hydrogen (secondary N) is 2. The van der Waals surface area contributed by atoms with Gasteiger partial charge in [-0.1, -0.05) is 30.7 Å². The molecule has 2 N–H and O–H groups in total. The summed E-state index contributed by atoms with van der Waals surface area (Å²) in [4.78, 5) is 23.4. The number of hydrogen-bond acceptors (Lipinski definition) is 4. The third-order valence-corrected chi connectivity index (χ3v) is 3.00. The summed E-state index contributed by atoms with van der Waals surface area (Å²) < 4.78 is 1.35. The molecule has 2 aromatic rings. The summed E-state index contributed by atoms with van der Waals surface area (Å²) >= 11 is 5.77. The van der Waals surface area contributed by atoms with Crippen molar-refractivity contribution in [2.24, 2.45) is 5.92 Å². The number of carbonyl (C=O) groups excluding carboxylic acids is 2. The zero-order valence-electron chi connectivity index (χ0n) is 12.2. The van der Waals surface area contributed by atoms with Gasteiger partial charge in [0.05, 0.1) is 6.20 Å². The predicted octanol–water partition coefficient (Wildman–Crippen LogP) is 2.16. The fourth-order valence-corrected chi connectivity index (χ4v) is 1.71. The lowest BCUT2D eigenvalue weighted by Crippen LogP contribution is -2.19. The maximum Gasteiger partial charge on any atom is 0.246 e. The summed E-state index contributed by atoms with van der Waals surface area (Å²) in [6, 6.07) is 6.78. The maximum absolute atomic E-state index is 11.9. The zero-order chi connectivity index (χ0) is 16.1. The van der Waals surface area contributed by atoms with Crippen LogP contribution >= 0.6 is 11.6 Å². The minimum absolute atomic E-state index is 0.00677. The van der Waals surface area contributed by atoms with Gasteiger partial charge in [0.1, 0.15) is 6.54 Å². The molecule has 1 heterocycles. The highest BCUT2D eigenvalue weighted by Crippen LogP contribution is 2.13. The number of carbonyl (C=O) groups is 2. The van der Waals surface area contributed by atoms with Gasteiger partial charge in [-0.3, -0.25) is 9.59 Å². The van der Waals surface area contributed by atoms with E-state index in [1.807, 2.05) is 0 Å². The maximum atomic E-state index is 11.9. The minimum atomic E-state index is -0.256. The average Bonchev–Trinajstić information content (AvgIpc) is 2.88. The molecule has 0 bridgehead atoms. The number of anilines is 2. The van der Waals surface area contributed by atoms with Gasteiger partial charge in [0.25, 0.3) is 0 Å². The summed E-state index contributed by atoms with van der Waals surface area (Å²) in [6.07, 6.45) is 1.50. The van der Waals surface area contributed by atoms with Gasteiger partial charge >= 0.3 is 0 Å². The van der Waals surface area contributed by atoms with Gasteiger partial charge in [-0.05, 0) is 24.3 Å². The molecule has 0 unspecified atom stereocenters. The zero-order valence-corrected chi connectivity index (χ0v) is 13.0. The Labute approximate surface area is 132 Å². The molecule has 2 rings (SSSR count). The van der Waals surface area contributed by atoms with Gasteiger partial charge in [-0.15, -0.1) is 5.10 Å². The molecule has 0 saturated carbocycles. The van der Waals surface area contributed by atoms with Crippen molar-refractivity contribution >= 4 is 34.9 Å². The fraction of sp³-hybridized carbons (Fsp3) is 0.286. The van der Waals surface area contributed by atoms with Crippen molar-refractivity contribution in [3.05, 3.63) is 35.5 Å². The number of hydrogen-bond donors (Lipinski definition) is 2. The molecule has 7 nitrogen and oxygen atoms in total. The summed E-state index contributed by atoms with van der Waals surface area (Å²) in [7, 11) is 0. The predicted molar refractivity (Wildman–Crippen MR) is 83.6 cm³/mol. The molecule has 0 saturated heterocycles. The Kier molecular flexibility index (Phi) is 5.11. The van der Waals surface area contributed by atoms with Crippen molar-refractivity contribution in [3.63, 3.8) is 0 Å². The minimum Gasteiger partial charge on any atom is -0.324 e. The van der Waals surface area contributed by atoms with E-state index in [0.717, 1.165) is 0 Å². The van der Waals surface area contributed by atoms with Gasteiger partial charge in [-0.25, -0.2) is 4.68 Å². The van der Waals surface area contributed by atoms with E-state index in [2.05, 4.69) is 20.9 Å². The van der Waals surface area contributed by atoms with Crippen LogP contribution in [0.25, 0.3) is 0 Å². The first-order chi connectivity index (χ1) is 10.4. The second kappa shape index (κ2) is 7.04. The van der Waals surface area contributed by atoms with Crippen molar-refractivity contribution in [1.82, 2.24) is 15.0 Å². The highest BCUT2D eigenvalue weighted by atomic mass is 35.5. The number of nitrogens with zero attached hydrogens (tertiary/aromatic N) is 3. The average molecular weight is 322 g/mol. The molecule has 2 amide bonds. The molecule has 0 radical (unpaired) electrons. The lowest BCUT2D eigenvalue weighted by molar-refractivity contribution is -0.119. The van der Waals surface area contributed by atoms with Gasteiger partial charge in [-0.2, -0.15) is 0 Å². The normalized spacial score (nSPS) is 10.5. The highest BCUT2D eigenvalue weighted by molar-refractivity contribution is 6.30. The van der Waals surface area contributed by atoms with Crippen LogP contribution in [0.5, 0.6) is 0 Å². The van der Waals surface area contributed by atoms with Crippen LogP contribution in [0.4, 0.5) is 11.5 Å². The lowest BCUT2D eigenvalue weighted by Gasteiger charge is -2.05. The quantitative estimate of drug-likeness (QED) is 0.883. The number of halogens is 1. The standard InChI is InChI=1S/C14H16ClN5O2/c1-9(2)14(22)17-12-7-20(19-18-12)8-13(21)16-11-5-3-10(15)4-6-11/h3-7,9H,8H2,1-2H3,(H,16,21)(H,17,22). The Morgan fingerprint density at radius 1 is 1.23 bits per heavy atom. The SMILES string of the molecule is CC(C)C(=O)Nc1cn(CC(=O)Nc2ccc(Cl)cc2)nn1. The number of rotatable bonds is 5. The van der Waals surface area contributed by atoms with E-state index in [1.54, 1.807) is 38.1 Å². The van der Waals surface area contributed by atoms with E-state index in [9.17, 15) is 9.59 Å². The van der Waals surface area contributed by atoms with Crippen LogP contribution in [-0.2, 0) is 16.1 Å². The van der Waals surface area contributed by atoms with Gasteiger partial charge in [0, 0.05) is 16.6 Å². The third-order valence-electron chi connectivity index (χ3n) is 2.75. The Bertz CT molecular complexity index is 666. The molecule has 116 valence electrons. The smallest absolute Gasteiger partial charge is 0.246 e. The first-order valence-corrected chi connectivity index (χ1v) is 7.08. The second-order valence-electron chi connectivity index (χ2n) is 5.00. The third kappa shape index (κ3) is 4.56. The molecule has 1 aromatic heterocycles. The number of aromatic nitrogens is 3. The Hall–Kier alpha value is -2.41. The van der Waals surface area contributed by atoms with Crippen molar-refractivity contribution in [3.8, 4) is 0 Å². The molecule has 22 heavy (non-hydrogen) atoms. The van der Waals surface area contributed by atoms with E-state index >= 15 is 0 Å². The molecule has 8 heteroatoms. The highest BCUT2D eigenvalue weighted by Gasteiger charge is 2.11. The number of amides is 2. The second-order valence-corrected chi connectivity index (χ2v) is 5.44. The summed E-state index contributed by atoms with van der Waals surface area (Å²) in [5.41, 5.74) is 0.642.